The summed E-state index contributed by atoms with van der Waals surface area (Å²) in [5.74, 6) is 0.167. The maximum Gasteiger partial charge on any atom is 0.412 e. The molecule has 0 saturated carbocycles. The molecule has 96 heavy (non-hydrogen) atoms. The van der Waals surface area contributed by atoms with E-state index in [9.17, 15) is 4.79 Å². The fraction of sp³-hybridized carbons (Fsp3) is 0.613. The number of ketones is 2. The number of nitrogens with zero attached hydrogens (tertiary/aromatic N) is 1. The van der Waals surface area contributed by atoms with E-state index >= 15 is 9.59 Å². The van der Waals surface area contributed by atoms with E-state index in [0.29, 0.717) is 51.5 Å². The van der Waals surface area contributed by atoms with Crippen molar-refractivity contribution in [1.82, 2.24) is 4.90 Å². The zero-order valence-electron chi connectivity index (χ0n) is 59.5. The summed E-state index contributed by atoms with van der Waals surface area (Å²) in [5.41, 5.74) is 0.527. The molecule has 8 saturated heterocycles. The number of hydrogen-bond acceptors (Lipinski definition) is 13. The lowest BCUT2D eigenvalue weighted by Crippen LogP contribution is -2.73. The van der Waals surface area contributed by atoms with Gasteiger partial charge < -0.3 is 46.7 Å². The largest absolute Gasteiger partial charge is 0.444 e. The lowest BCUT2D eigenvalue weighted by Gasteiger charge is -2.53. The Labute approximate surface area is 574 Å². The molecule has 2 unspecified atom stereocenters. The normalized spacial score (nSPS) is 34.2. The van der Waals surface area contributed by atoms with E-state index in [4.69, 9.17) is 46.7 Å². The van der Waals surface area contributed by atoms with Gasteiger partial charge in [0.05, 0.1) is 67.6 Å². The Kier molecular flexibility index (Phi) is 20.8. The smallest absolute Gasteiger partial charge is 0.412 e. The van der Waals surface area contributed by atoms with Crippen LogP contribution in [0.3, 0.4) is 0 Å². The summed E-state index contributed by atoms with van der Waals surface area (Å²) in [4.78, 5) is 45.9. The molecule has 8 aliphatic rings. The summed E-state index contributed by atoms with van der Waals surface area (Å²) >= 11 is 0. The standard InChI is InChI=1S/C80H109NO13Si2/c1-50-42-57-38-40-65-51(2)43-56(85-65)37-36-54(82)46-70-72(93-95(78(8,9)10,60-28-20-16-21-29-60)61-30-22-17-23-31-61)73-74(90-70)75(94-96(79(11,12)13,62-32-24-18-25-33-62)63-34-26-19-27-35-63)71-66(89-73)41-39-58(87-71)44-55(83)45-64-53(4)67(88-69(64)48-68(86-57)52(50)3)47-59-49-81(80(14,15)91-59)76(84)92-77(5,6)7/h16-35,50,53,56-59,64-75H,2-3,36-49H2,1,4-15H3/t50-,53-,56+,57+,58-,59+,64-,65?,66+,67-,68-,69?,70-,71+,72+,73+,74-,75+/m1/s1. The molecule has 0 aromatic heterocycles. The highest BCUT2D eigenvalue weighted by atomic mass is 28.4. The predicted molar refractivity (Wildman–Crippen MR) is 379 cm³/mol. The number of benzene rings is 4. The molecule has 520 valence electrons. The fourth-order valence-electron chi connectivity index (χ4n) is 17.8. The van der Waals surface area contributed by atoms with Crippen LogP contribution < -0.4 is 20.7 Å². The average Bonchev–Trinajstić information content (AvgIpc) is 1.36. The second kappa shape index (κ2) is 28.2. The Balaban J connectivity index is 0.930. The highest BCUT2D eigenvalue weighted by Crippen LogP contribution is 2.50. The van der Waals surface area contributed by atoms with Crippen molar-refractivity contribution in [2.45, 2.75) is 286 Å². The van der Waals surface area contributed by atoms with Crippen molar-refractivity contribution < 1.29 is 61.1 Å². The zero-order chi connectivity index (χ0) is 68.3. The zero-order valence-corrected chi connectivity index (χ0v) is 61.5. The molecule has 0 spiro atoms. The van der Waals surface area contributed by atoms with Gasteiger partial charge in [0.2, 0.25) is 0 Å². The number of amides is 1. The molecule has 4 aromatic rings. The van der Waals surface area contributed by atoms with Gasteiger partial charge in [-0.15, -0.1) is 0 Å². The van der Waals surface area contributed by atoms with Crippen LogP contribution >= 0.6 is 0 Å². The van der Waals surface area contributed by atoms with E-state index in [1.165, 1.54) is 0 Å². The van der Waals surface area contributed by atoms with Gasteiger partial charge in [0.1, 0.15) is 53.4 Å². The monoisotopic (exact) mass is 1350 g/mol. The summed E-state index contributed by atoms with van der Waals surface area (Å²) in [6, 6.07) is 42.7. The Morgan fingerprint density at radius 1 is 0.552 bits per heavy atom. The van der Waals surface area contributed by atoms with Crippen molar-refractivity contribution in [3.8, 4) is 0 Å². The molecule has 14 nitrogen and oxygen atoms in total. The lowest BCUT2D eigenvalue weighted by molar-refractivity contribution is -0.254. The van der Waals surface area contributed by atoms with Gasteiger partial charge in [0, 0.05) is 38.5 Å². The Morgan fingerprint density at radius 2 is 1.07 bits per heavy atom. The average molecular weight is 1350 g/mol. The van der Waals surface area contributed by atoms with E-state index in [0.717, 1.165) is 51.2 Å². The third-order valence-electron chi connectivity index (χ3n) is 22.6. The van der Waals surface area contributed by atoms with Crippen LogP contribution in [-0.2, 0) is 56.3 Å². The second-order valence-corrected chi connectivity index (χ2v) is 41.4. The number of carbonyl (C=O) groups excluding carboxylic acids is 3. The molecule has 12 rings (SSSR count). The van der Waals surface area contributed by atoms with Crippen molar-refractivity contribution in [3.05, 3.63) is 146 Å². The molecular formula is C80H109NO13Si2. The van der Waals surface area contributed by atoms with Gasteiger partial charge in [-0.1, -0.05) is 190 Å². The van der Waals surface area contributed by atoms with E-state index in [1.807, 2.05) is 34.6 Å². The summed E-state index contributed by atoms with van der Waals surface area (Å²) in [7, 11) is -6.76. The number of hydrogen-bond donors (Lipinski definition) is 0. The summed E-state index contributed by atoms with van der Waals surface area (Å²) in [6.45, 7) is 37.2. The molecular weight excluding hydrogens is 1240 g/mol. The Morgan fingerprint density at radius 3 is 1.64 bits per heavy atom. The number of Topliss-reactive ketones (excluding diaryl/α,β-unsaturated/α-hetero) is 2. The van der Waals surface area contributed by atoms with Gasteiger partial charge >= 0.3 is 6.09 Å². The number of ether oxygens (including phenoxy) is 8. The summed E-state index contributed by atoms with van der Waals surface area (Å²) in [5, 5.41) is 3.61. The minimum absolute atomic E-state index is 0.0460. The van der Waals surface area contributed by atoms with Crippen molar-refractivity contribution in [1.29, 1.82) is 0 Å². The van der Waals surface area contributed by atoms with Gasteiger partial charge in [-0.25, -0.2) is 4.79 Å². The minimum atomic E-state index is -3.41. The van der Waals surface area contributed by atoms with Crippen molar-refractivity contribution in [2.24, 2.45) is 17.8 Å². The van der Waals surface area contributed by atoms with E-state index in [-0.39, 0.29) is 91.3 Å². The van der Waals surface area contributed by atoms with Crippen LogP contribution in [0.5, 0.6) is 0 Å². The molecule has 0 aliphatic carbocycles. The maximum absolute atomic E-state index is 15.4. The first-order valence-electron chi connectivity index (χ1n) is 36.1. The first-order valence-corrected chi connectivity index (χ1v) is 39.9. The molecule has 4 aromatic carbocycles. The Bertz CT molecular complexity index is 3290. The van der Waals surface area contributed by atoms with Crippen molar-refractivity contribution >= 4 is 55.0 Å². The van der Waals surface area contributed by atoms with E-state index in [1.54, 1.807) is 4.90 Å². The fourth-order valence-corrected chi connectivity index (χ4v) is 27.2. The molecule has 8 fully saturated rings. The third-order valence-corrected chi connectivity index (χ3v) is 32.6. The third kappa shape index (κ3) is 14.5. The lowest BCUT2D eigenvalue weighted by atomic mass is 9.78. The molecule has 0 N–H and O–H groups in total. The number of carbonyl (C=O) groups is 3. The van der Waals surface area contributed by atoms with Crippen LogP contribution in [0.4, 0.5) is 4.79 Å². The van der Waals surface area contributed by atoms with Gasteiger partial charge in [-0.3, -0.25) is 14.5 Å². The van der Waals surface area contributed by atoms with Gasteiger partial charge in [-0.05, 0) is 139 Å². The van der Waals surface area contributed by atoms with Crippen molar-refractivity contribution in [2.75, 3.05) is 6.54 Å². The molecule has 0 radical (unpaired) electrons. The molecule has 1 amide bonds. The maximum atomic E-state index is 15.4. The van der Waals surface area contributed by atoms with Crippen LogP contribution in [0.15, 0.2) is 146 Å². The molecule has 8 aliphatic heterocycles. The predicted octanol–water partition coefficient (Wildman–Crippen LogP) is 13.1. The summed E-state index contributed by atoms with van der Waals surface area (Å²) < 4.78 is 73.4. The van der Waals surface area contributed by atoms with Gasteiger partial charge in [-0.2, -0.15) is 0 Å². The van der Waals surface area contributed by atoms with Crippen molar-refractivity contribution in [3.63, 3.8) is 0 Å². The highest BCUT2D eigenvalue weighted by Gasteiger charge is 2.65. The first kappa shape index (κ1) is 70.9. The highest BCUT2D eigenvalue weighted by molar-refractivity contribution is 7.00. The number of rotatable bonds is 10. The molecule has 18 atom stereocenters. The molecule has 8 heterocycles. The first-order chi connectivity index (χ1) is 45.5. The summed E-state index contributed by atoms with van der Waals surface area (Å²) in [6.07, 6.45) is -0.436. The van der Waals surface area contributed by atoms with Crippen LogP contribution in [0, 0.1) is 17.8 Å². The SMILES string of the molecule is C=C1C[C@@H]2CCC(=O)C[C@H]3O[C@H]4[C@@H](O[Si](c5ccccc5)(c5ccccc5)C(C)(C)C)[C@H]5O[C@H](CC[C@@H]5O[C@H]4[C@H]3O[Si](c3ccccc3)(c3ccccc3)C(C)(C)C)CC(=O)C[C@H]3C(C[C@H]4O[C@@H](CCC1O2)C[C@@H](C)C4=C)O[C@H](C[C@H]1CN(C(=O)OC(C)(C)C)C(C)(C)O1)[C@@H]3C. The van der Waals surface area contributed by atoms with E-state index in [2.05, 4.69) is 190 Å². The van der Waals surface area contributed by atoms with E-state index < -0.39 is 93.0 Å². The van der Waals surface area contributed by atoms with Crippen LogP contribution in [0.1, 0.15) is 173 Å². The van der Waals surface area contributed by atoms with Crippen LogP contribution in [0.25, 0.3) is 0 Å². The second-order valence-electron chi connectivity index (χ2n) is 32.9. The van der Waals surface area contributed by atoms with Crippen LogP contribution in [0.2, 0.25) is 10.1 Å². The van der Waals surface area contributed by atoms with Gasteiger partial charge in [0.25, 0.3) is 16.6 Å². The molecule has 8 bridgehead atoms. The van der Waals surface area contributed by atoms with Crippen LogP contribution in [-0.4, -0.2) is 149 Å². The topological polar surface area (TPSA) is 147 Å². The number of fused-ring (bicyclic) bond motifs is 7. The quantitative estimate of drug-likeness (QED) is 0.110. The molecule has 16 heteroatoms. The van der Waals surface area contributed by atoms with Gasteiger partial charge in [0.15, 0.2) is 0 Å². The minimum Gasteiger partial charge on any atom is -0.444 e. The Hall–Kier alpha value is -4.96.